The quantitative estimate of drug-likeness (QED) is 0.817. The summed E-state index contributed by atoms with van der Waals surface area (Å²) in [6, 6.07) is 5.81. The number of carbonyl (C=O) groups is 1. The van der Waals surface area contributed by atoms with Gasteiger partial charge < -0.3 is 15.0 Å². The van der Waals surface area contributed by atoms with E-state index in [0.717, 1.165) is 34.5 Å². The Morgan fingerprint density at radius 2 is 2.33 bits per heavy atom. The van der Waals surface area contributed by atoms with Gasteiger partial charge >= 0.3 is 0 Å². The van der Waals surface area contributed by atoms with E-state index in [4.69, 9.17) is 4.74 Å². The first-order valence-corrected chi connectivity index (χ1v) is 7.06. The maximum absolute atomic E-state index is 12.5. The van der Waals surface area contributed by atoms with E-state index < -0.39 is 0 Å². The largest absolute Gasteiger partial charge is 0.497 e. The molecule has 0 bridgehead atoms. The highest BCUT2D eigenvalue weighted by atomic mass is 127. The molecular formula is C13H17IN2O2. The third-order valence-corrected chi connectivity index (χ3v) is 4.06. The van der Waals surface area contributed by atoms with Gasteiger partial charge in [-0.15, -0.1) is 0 Å². The molecule has 0 saturated carbocycles. The summed E-state index contributed by atoms with van der Waals surface area (Å²) in [6.45, 7) is 4.56. The second-order valence-electron chi connectivity index (χ2n) is 4.40. The fourth-order valence-electron chi connectivity index (χ4n) is 2.09. The Morgan fingerprint density at radius 1 is 1.56 bits per heavy atom. The summed E-state index contributed by atoms with van der Waals surface area (Å²) in [4.78, 5) is 14.4. The SMILES string of the molecule is COc1ccc(C(=O)N2CCNCC2C)c(I)c1. The summed E-state index contributed by atoms with van der Waals surface area (Å²) in [5, 5.41) is 3.29. The molecule has 1 fully saturated rings. The zero-order valence-corrected chi connectivity index (χ0v) is 12.7. The van der Waals surface area contributed by atoms with Gasteiger partial charge in [0, 0.05) is 29.2 Å². The van der Waals surface area contributed by atoms with Gasteiger partial charge in [-0.3, -0.25) is 4.79 Å². The van der Waals surface area contributed by atoms with Crippen LogP contribution in [0.3, 0.4) is 0 Å². The van der Waals surface area contributed by atoms with Gasteiger partial charge in [0.1, 0.15) is 5.75 Å². The number of hydrogen-bond acceptors (Lipinski definition) is 3. The number of rotatable bonds is 2. The Morgan fingerprint density at radius 3 is 2.94 bits per heavy atom. The van der Waals surface area contributed by atoms with Gasteiger partial charge in [0.05, 0.1) is 12.7 Å². The number of piperazine rings is 1. The van der Waals surface area contributed by atoms with E-state index in [0.29, 0.717) is 0 Å². The molecule has 0 radical (unpaired) electrons. The van der Waals surface area contributed by atoms with Crippen molar-refractivity contribution in [1.29, 1.82) is 0 Å². The summed E-state index contributed by atoms with van der Waals surface area (Å²) in [7, 11) is 1.63. The van der Waals surface area contributed by atoms with Crippen molar-refractivity contribution in [2.75, 3.05) is 26.7 Å². The summed E-state index contributed by atoms with van der Waals surface area (Å²) in [6.07, 6.45) is 0. The second-order valence-corrected chi connectivity index (χ2v) is 5.56. The molecule has 2 rings (SSSR count). The molecule has 0 aromatic heterocycles. The highest BCUT2D eigenvalue weighted by Gasteiger charge is 2.25. The molecule has 0 spiro atoms. The van der Waals surface area contributed by atoms with Crippen LogP contribution in [0.1, 0.15) is 17.3 Å². The monoisotopic (exact) mass is 360 g/mol. The Balaban J connectivity index is 2.22. The van der Waals surface area contributed by atoms with Crippen molar-refractivity contribution >= 4 is 28.5 Å². The van der Waals surface area contributed by atoms with E-state index in [1.807, 2.05) is 23.1 Å². The van der Waals surface area contributed by atoms with Crippen LogP contribution >= 0.6 is 22.6 Å². The topological polar surface area (TPSA) is 41.6 Å². The summed E-state index contributed by atoms with van der Waals surface area (Å²) in [5.41, 5.74) is 0.755. The van der Waals surface area contributed by atoms with E-state index in [1.165, 1.54) is 0 Å². The van der Waals surface area contributed by atoms with Crippen molar-refractivity contribution in [1.82, 2.24) is 10.2 Å². The molecule has 98 valence electrons. The molecule has 1 atom stereocenters. The normalized spacial score (nSPS) is 19.7. The van der Waals surface area contributed by atoms with Crippen LogP contribution in [-0.2, 0) is 0 Å². The molecule has 1 amide bonds. The van der Waals surface area contributed by atoms with E-state index in [-0.39, 0.29) is 11.9 Å². The lowest BCUT2D eigenvalue weighted by Gasteiger charge is -2.34. The second kappa shape index (κ2) is 5.88. The highest BCUT2D eigenvalue weighted by Crippen LogP contribution is 2.21. The molecule has 4 nitrogen and oxygen atoms in total. The first-order chi connectivity index (χ1) is 8.63. The lowest BCUT2D eigenvalue weighted by atomic mass is 10.1. The molecule has 1 N–H and O–H groups in total. The van der Waals surface area contributed by atoms with Crippen LogP contribution in [0.25, 0.3) is 0 Å². The molecule has 1 heterocycles. The molecule has 1 aromatic rings. The van der Waals surface area contributed by atoms with Crippen molar-refractivity contribution in [2.45, 2.75) is 13.0 Å². The third kappa shape index (κ3) is 2.77. The number of amides is 1. The average Bonchev–Trinajstić information content (AvgIpc) is 2.38. The van der Waals surface area contributed by atoms with Crippen LogP contribution in [-0.4, -0.2) is 43.6 Å². The minimum atomic E-state index is 0.107. The van der Waals surface area contributed by atoms with Gasteiger partial charge in [0.15, 0.2) is 0 Å². The maximum Gasteiger partial charge on any atom is 0.255 e. The molecule has 1 aliphatic heterocycles. The number of methoxy groups -OCH3 is 1. The van der Waals surface area contributed by atoms with E-state index in [2.05, 4.69) is 34.8 Å². The van der Waals surface area contributed by atoms with Crippen molar-refractivity contribution < 1.29 is 9.53 Å². The molecule has 5 heteroatoms. The van der Waals surface area contributed by atoms with Crippen molar-refractivity contribution in [3.63, 3.8) is 0 Å². The number of ether oxygens (including phenoxy) is 1. The Hall–Kier alpha value is -0.820. The Bertz CT molecular complexity index is 451. The van der Waals surface area contributed by atoms with Gasteiger partial charge in [0.25, 0.3) is 5.91 Å². The van der Waals surface area contributed by atoms with Gasteiger partial charge in [-0.05, 0) is 47.7 Å². The van der Waals surface area contributed by atoms with Gasteiger partial charge in [-0.1, -0.05) is 0 Å². The van der Waals surface area contributed by atoms with Crippen LogP contribution in [0.2, 0.25) is 0 Å². The molecule has 0 aliphatic carbocycles. The van der Waals surface area contributed by atoms with Gasteiger partial charge in [-0.25, -0.2) is 0 Å². The minimum absolute atomic E-state index is 0.107. The number of carbonyl (C=O) groups excluding carboxylic acids is 1. The predicted molar refractivity (Wildman–Crippen MR) is 79.1 cm³/mol. The number of benzene rings is 1. The van der Waals surface area contributed by atoms with Crippen molar-refractivity contribution in [3.05, 3.63) is 27.3 Å². The van der Waals surface area contributed by atoms with E-state index in [9.17, 15) is 4.79 Å². The summed E-state index contributed by atoms with van der Waals surface area (Å²) >= 11 is 2.18. The fraction of sp³-hybridized carbons (Fsp3) is 0.462. The zero-order valence-electron chi connectivity index (χ0n) is 10.6. The smallest absolute Gasteiger partial charge is 0.255 e. The van der Waals surface area contributed by atoms with Gasteiger partial charge in [0.2, 0.25) is 0 Å². The van der Waals surface area contributed by atoms with E-state index >= 15 is 0 Å². The zero-order chi connectivity index (χ0) is 13.1. The molecule has 1 unspecified atom stereocenters. The summed E-state index contributed by atoms with van der Waals surface area (Å²) < 4.78 is 6.09. The lowest BCUT2D eigenvalue weighted by Crippen LogP contribution is -2.52. The number of hydrogen-bond donors (Lipinski definition) is 1. The van der Waals surface area contributed by atoms with Crippen LogP contribution in [0.4, 0.5) is 0 Å². The first kappa shape index (κ1) is 13.6. The standard InChI is InChI=1S/C13H17IN2O2/c1-9-8-15-5-6-16(9)13(17)11-4-3-10(18-2)7-12(11)14/h3-4,7,9,15H,5-6,8H2,1-2H3. The number of nitrogens with one attached hydrogen (secondary N) is 1. The maximum atomic E-state index is 12.5. The van der Waals surface area contributed by atoms with Crippen molar-refractivity contribution in [3.8, 4) is 5.75 Å². The highest BCUT2D eigenvalue weighted by molar-refractivity contribution is 14.1. The Labute approximate surface area is 121 Å². The molecule has 18 heavy (non-hydrogen) atoms. The van der Waals surface area contributed by atoms with Crippen molar-refractivity contribution in [2.24, 2.45) is 0 Å². The van der Waals surface area contributed by atoms with Crippen LogP contribution in [0.15, 0.2) is 18.2 Å². The van der Waals surface area contributed by atoms with Crippen LogP contribution < -0.4 is 10.1 Å². The predicted octanol–water partition coefficient (Wildman–Crippen LogP) is 1.73. The average molecular weight is 360 g/mol. The van der Waals surface area contributed by atoms with Gasteiger partial charge in [-0.2, -0.15) is 0 Å². The van der Waals surface area contributed by atoms with Crippen LogP contribution in [0.5, 0.6) is 5.75 Å². The molecular weight excluding hydrogens is 343 g/mol. The first-order valence-electron chi connectivity index (χ1n) is 5.98. The minimum Gasteiger partial charge on any atom is -0.497 e. The number of nitrogens with zero attached hydrogens (tertiary/aromatic N) is 1. The molecule has 1 aliphatic rings. The fourth-order valence-corrected chi connectivity index (χ4v) is 2.81. The Kier molecular flexibility index (Phi) is 4.45. The summed E-state index contributed by atoms with van der Waals surface area (Å²) in [5.74, 6) is 0.889. The third-order valence-electron chi connectivity index (χ3n) is 3.17. The number of halogens is 1. The van der Waals surface area contributed by atoms with E-state index in [1.54, 1.807) is 7.11 Å². The molecule has 1 aromatic carbocycles. The lowest BCUT2D eigenvalue weighted by molar-refractivity contribution is 0.0654. The van der Waals surface area contributed by atoms with Crippen LogP contribution in [0, 0.1) is 3.57 Å². The molecule has 1 saturated heterocycles.